The summed E-state index contributed by atoms with van der Waals surface area (Å²) in [4.78, 5) is 40.5. The zero-order valence-electron chi connectivity index (χ0n) is 23.4. The van der Waals surface area contributed by atoms with Crippen molar-refractivity contribution in [2.45, 2.75) is 82.4 Å². The molecular formula is C29H43N3O6S. The van der Waals surface area contributed by atoms with Crippen LogP contribution in [0.1, 0.15) is 59.3 Å². The highest BCUT2D eigenvalue weighted by Crippen LogP contribution is 2.61. The highest BCUT2D eigenvalue weighted by molar-refractivity contribution is 7.98. The second-order valence-corrected chi connectivity index (χ2v) is 12.9. The summed E-state index contributed by atoms with van der Waals surface area (Å²) in [6.45, 7) is 6.49. The summed E-state index contributed by atoms with van der Waals surface area (Å²) in [7, 11) is 0. The van der Waals surface area contributed by atoms with Crippen molar-refractivity contribution in [3.63, 3.8) is 0 Å². The van der Waals surface area contributed by atoms with E-state index in [-0.39, 0.29) is 42.7 Å². The Bertz CT molecular complexity index is 1070. The Balaban J connectivity index is 1.45. The van der Waals surface area contributed by atoms with E-state index < -0.39 is 29.1 Å². The minimum Gasteiger partial charge on any atom is -0.445 e. The number of carbonyl (C=O) groups excluding carboxylic acids is 3. The van der Waals surface area contributed by atoms with Crippen molar-refractivity contribution >= 4 is 35.4 Å². The number of amides is 3. The number of thioether (sulfide) groups is 1. The molecule has 0 spiro atoms. The van der Waals surface area contributed by atoms with E-state index in [1.165, 1.54) is 6.92 Å². The van der Waals surface area contributed by atoms with Gasteiger partial charge in [-0.3, -0.25) is 14.9 Å². The van der Waals surface area contributed by atoms with Crippen molar-refractivity contribution in [2.75, 3.05) is 31.3 Å². The van der Waals surface area contributed by atoms with Crippen LogP contribution in [0.5, 0.6) is 0 Å². The lowest BCUT2D eigenvalue weighted by Gasteiger charge is -2.60. The summed E-state index contributed by atoms with van der Waals surface area (Å²) in [6.07, 6.45) is 3.69. The van der Waals surface area contributed by atoms with E-state index in [0.717, 1.165) is 11.3 Å². The fraction of sp³-hybridized carbons (Fsp3) is 0.690. The molecule has 0 bridgehead atoms. The molecule has 4 N–H and O–H groups in total. The van der Waals surface area contributed by atoms with E-state index >= 15 is 0 Å². The van der Waals surface area contributed by atoms with E-state index in [1.54, 1.807) is 16.7 Å². The van der Waals surface area contributed by atoms with E-state index in [4.69, 9.17) is 4.74 Å². The van der Waals surface area contributed by atoms with Gasteiger partial charge in [0.2, 0.25) is 11.8 Å². The molecule has 4 rings (SSSR count). The standard InChI is InChI=1S/C29H43N3O6S/c1-18(34)30-20-11-13-32(16-20)26(36)15-22-23(35)8-9-24-28(22,2)12-10-25(29(24,3)17-33)38-27(37)31-19-6-5-7-21(14-19)39-4/h5-7,14,20,22-25,33,35H,8-13,15-17H2,1-4H3,(H,30,34)(H,31,37)/t20-,22+,23+,24+,25+,28-,29-/m0/s1. The second kappa shape index (κ2) is 12.1. The Morgan fingerprint density at radius 2 is 1.95 bits per heavy atom. The molecule has 2 aliphatic carbocycles. The summed E-state index contributed by atoms with van der Waals surface area (Å²) >= 11 is 1.59. The Hall–Kier alpha value is -2.30. The van der Waals surface area contributed by atoms with Crippen molar-refractivity contribution in [1.82, 2.24) is 10.2 Å². The number of aliphatic hydroxyl groups excluding tert-OH is 2. The van der Waals surface area contributed by atoms with Crippen LogP contribution in [-0.4, -0.2) is 77.2 Å². The van der Waals surface area contributed by atoms with Gasteiger partial charge in [0.1, 0.15) is 6.10 Å². The largest absolute Gasteiger partial charge is 0.445 e. The first kappa shape index (κ1) is 29.7. The SMILES string of the molecule is CSc1cccc(NC(=O)O[C@@H]2CC[C@]3(C)[C@@H](CC[C@@H](O)[C@H]3CC(=O)N3CC[C@H](NC(C)=O)C3)[C@]2(C)CO)c1. The number of hydrogen-bond acceptors (Lipinski definition) is 7. The fourth-order valence-corrected chi connectivity index (χ4v) is 7.93. The van der Waals surface area contributed by atoms with Gasteiger partial charge < -0.3 is 25.2 Å². The number of fused-ring (bicyclic) bond motifs is 1. The van der Waals surface area contributed by atoms with Crippen molar-refractivity contribution in [3.8, 4) is 0 Å². The number of likely N-dealkylation sites (tertiary alicyclic amines) is 1. The summed E-state index contributed by atoms with van der Waals surface area (Å²) in [5.41, 5.74) is -0.457. The number of carbonyl (C=O) groups is 3. The number of benzene rings is 1. The molecule has 7 atom stereocenters. The van der Waals surface area contributed by atoms with Gasteiger partial charge in [-0.2, -0.15) is 0 Å². The molecular weight excluding hydrogens is 518 g/mol. The Labute approximate surface area is 235 Å². The maximum absolute atomic E-state index is 13.3. The highest BCUT2D eigenvalue weighted by atomic mass is 32.2. The first-order valence-corrected chi connectivity index (χ1v) is 15.2. The van der Waals surface area contributed by atoms with Crippen LogP contribution >= 0.6 is 11.8 Å². The van der Waals surface area contributed by atoms with Gasteiger partial charge >= 0.3 is 6.09 Å². The maximum atomic E-state index is 13.3. The normalized spacial score (nSPS) is 34.2. The van der Waals surface area contributed by atoms with Gasteiger partial charge in [-0.1, -0.05) is 19.9 Å². The molecule has 10 heteroatoms. The molecule has 1 aliphatic heterocycles. The number of aliphatic hydroxyl groups is 2. The molecule has 1 aromatic rings. The van der Waals surface area contributed by atoms with Crippen molar-refractivity contribution in [2.24, 2.45) is 22.7 Å². The number of ether oxygens (including phenoxy) is 1. The lowest BCUT2D eigenvalue weighted by atomic mass is 9.46. The summed E-state index contributed by atoms with van der Waals surface area (Å²) < 4.78 is 5.95. The molecule has 1 saturated heterocycles. The topological polar surface area (TPSA) is 128 Å². The van der Waals surface area contributed by atoms with Gasteiger partial charge in [0.15, 0.2) is 0 Å². The first-order chi connectivity index (χ1) is 18.5. The molecule has 3 fully saturated rings. The lowest BCUT2D eigenvalue weighted by Crippen LogP contribution is -2.61. The van der Waals surface area contributed by atoms with Crippen LogP contribution in [0, 0.1) is 22.7 Å². The monoisotopic (exact) mass is 561 g/mol. The Morgan fingerprint density at radius 3 is 2.64 bits per heavy atom. The zero-order valence-corrected chi connectivity index (χ0v) is 24.3. The molecule has 9 nitrogen and oxygen atoms in total. The summed E-state index contributed by atoms with van der Waals surface area (Å²) in [5.74, 6) is -0.409. The van der Waals surface area contributed by atoms with Gasteiger partial charge in [0, 0.05) is 48.5 Å². The third-order valence-corrected chi connectivity index (χ3v) is 10.3. The van der Waals surface area contributed by atoms with Gasteiger partial charge in [0.25, 0.3) is 0 Å². The average molecular weight is 562 g/mol. The van der Waals surface area contributed by atoms with Crippen LogP contribution in [0.4, 0.5) is 10.5 Å². The number of nitrogens with one attached hydrogen (secondary N) is 2. The molecule has 3 aliphatic rings. The van der Waals surface area contributed by atoms with E-state index in [0.29, 0.717) is 44.5 Å². The fourth-order valence-electron chi connectivity index (χ4n) is 7.47. The third kappa shape index (κ3) is 6.23. The minimum atomic E-state index is -0.711. The number of rotatable bonds is 7. The van der Waals surface area contributed by atoms with Crippen molar-refractivity contribution < 1.29 is 29.3 Å². The van der Waals surface area contributed by atoms with Crippen molar-refractivity contribution in [1.29, 1.82) is 0 Å². The summed E-state index contributed by atoms with van der Waals surface area (Å²) in [5, 5.41) is 27.5. The maximum Gasteiger partial charge on any atom is 0.411 e. The molecule has 0 radical (unpaired) electrons. The quantitative estimate of drug-likeness (QED) is 0.374. The summed E-state index contributed by atoms with van der Waals surface area (Å²) in [6, 6.07) is 7.51. The third-order valence-electron chi connectivity index (χ3n) is 9.58. The van der Waals surface area contributed by atoms with E-state index in [2.05, 4.69) is 17.6 Å². The lowest BCUT2D eigenvalue weighted by molar-refractivity contribution is -0.186. The Kier molecular flexibility index (Phi) is 9.18. The predicted octanol–water partition coefficient (Wildman–Crippen LogP) is 3.64. The van der Waals surface area contributed by atoms with Gasteiger partial charge in [-0.25, -0.2) is 4.79 Å². The predicted molar refractivity (Wildman–Crippen MR) is 150 cm³/mol. The molecule has 216 valence electrons. The van der Waals surface area contributed by atoms with Crippen LogP contribution in [0.25, 0.3) is 0 Å². The highest BCUT2D eigenvalue weighted by Gasteiger charge is 2.60. The van der Waals surface area contributed by atoms with Crippen LogP contribution in [-0.2, 0) is 14.3 Å². The Morgan fingerprint density at radius 1 is 1.18 bits per heavy atom. The van der Waals surface area contributed by atoms with Crippen LogP contribution in [0.3, 0.4) is 0 Å². The van der Waals surface area contributed by atoms with E-state index in [1.807, 2.05) is 37.4 Å². The average Bonchev–Trinajstić information content (AvgIpc) is 3.36. The molecule has 2 saturated carbocycles. The van der Waals surface area contributed by atoms with Crippen molar-refractivity contribution in [3.05, 3.63) is 24.3 Å². The number of anilines is 1. The zero-order chi connectivity index (χ0) is 28.4. The minimum absolute atomic E-state index is 0.00953. The number of hydrogen-bond donors (Lipinski definition) is 4. The van der Waals surface area contributed by atoms with Crippen LogP contribution < -0.4 is 10.6 Å². The second-order valence-electron chi connectivity index (χ2n) is 12.0. The first-order valence-electron chi connectivity index (χ1n) is 14.0. The van der Waals surface area contributed by atoms with E-state index in [9.17, 15) is 24.6 Å². The molecule has 1 heterocycles. The molecule has 39 heavy (non-hydrogen) atoms. The number of nitrogens with zero attached hydrogens (tertiary/aromatic N) is 1. The van der Waals surface area contributed by atoms with Crippen LogP contribution in [0.2, 0.25) is 0 Å². The molecule has 0 unspecified atom stereocenters. The molecule has 0 aromatic heterocycles. The molecule has 3 amide bonds. The smallest absolute Gasteiger partial charge is 0.411 e. The van der Waals surface area contributed by atoms with Gasteiger partial charge in [-0.05, 0) is 73.8 Å². The molecule has 1 aromatic carbocycles. The van der Waals surface area contributed by atoms with Crippen LogP contribution in [0.15, 0.2) is 29.2 Å². The van der Waals surface area contributed by atoms with Gasteiger partial charge in [0.05, 0.1) is 12.7 Å². The van der Waals surface area contributed by atoms with Gasteiger partial charge in [-0.15, -0.1) is 11.8 Å².